The highest BCUT2D eigenvalue weighted by Crippen LogP contribution is 2.43. The molecule has 0 unspecified atom stereocenters. The van der Waals surface area contributed by atoms with Gasteiger partial charge in [0.1, 0.15) is 11.2 Å². The number of ether oxygens (including phenoxy) is 2. The molecule has 1 amide bonds. The van der Waals surface area contributed by atoms with Gasteiger partial charge in [0.15, 0.2) is 11.5 Å². The first kappa shape index (κ1) is 31.6. The molecule has 2 aliphatic heterocycles. The van der Waals surface area contributed by atoms with Crippen molar-refractivity contribution in [2.45, 2.75) is 59.6 Å². The molecule has 0 atom stereocenters. The first-order valence-electron chi connectivity index (χ1n) is 15.8. The fourth-order valence-electron chi connectivity index (χ4n) is 6.07. The Morgan fingerprint density at radius 1 is 1.02 bits per heavy atom. The smallest absolute Gasteiger partial charge is 0.262 e. The van der Waals surface area contributed by atoms with Gasteiger partial charge in [-0.2, -0.15) is 4.98 Å². The molecule has 1 fully saturated rings. The molecule has 0 spiro atoms. The van der Waals surface area contributed by atoms with Gasteiger partial charge in [0, 0.05) is 61.8 Å². The molecule has 10 heteroatoms. The summed E-state index contributed by atoms with van der Waals surface area (Å²) in [7, 11) is 0. The molecule has 2 N–H and O–H groups in total. The van der Waals surface area contributed by atoms with Gasteiger partial charge < -0.3 is 25.0 Å². The van der Waals surface area contributed by atoms with Crippen LogP contribution in [0.1, 0.15) is 54.7 Å². The Labute approximate surface area is 275 Å². The normalized spacial score (nSPS) is 15.8. The molecule has 0 bridgehead atoms. The number of aromatic nitrogens is 2. The van der Waals surface area contributed by atoms with Crippen LogP contribution in [0.4, 0.5) is 23.0 Å². The summed E-state index contributed by atoms with van der Waals surface area (Å²) in [4.78, 5) is 27.6. The van der Waals surface area contributed by atoms with Crippen LogP contribution < -0.4 is 25.0 Å². The summed E-state index contributed by atoms with van der Waals surface area (Å²) in [5, 5.41) is 6.92. The van der Waals surface area contributed by atoms with Crippen LogP contribution in [0.2, 0.25) is 5.02 Å². The maximum Gasteiger partial charge on any atom is 0.262 e. The number of carbonyl (C=O) groups excluding carboxylic acids is 1. The van der Waals surface area contributed by atoms with Crippen molar-refractivity contribution in [3.05, 3.63) is 88.1 Å². The number of amides is 1. The van der Waals surface area contributed by atoms with Crippen LogP contribution in [0, 0.1) is 13.8 Å². The number of nitrogens with one attached hydrogen (secondary N) is 2. The number of hydrogen-bond acceptors (Lipinski definition) is 8. The monoisotopic (exact) mass is 640 g/mol. The van der Waals surface area contributed by atoms with E-state index in [1.54, 1.807) is 0 Å². The summed E-state index contributed by atoms with van der Waals surface area (Å²) >= 11 is 6.79. The number of para-hydroxylation sites is 2. The van der Waals surface area contributed by atoms with E-state index in [1.165, 1.54) is 6.20 Å². The third-order valence-electron chi connectivity index (χ3n) is 8.57. The van der Waals surface area contributed by atoms with Crippen molar-refractivity contribution < 1.29 is 14.3 Å². The lowest BCUT2D eigenvalue weighted by molar-refractivity contribution is 0.102. The van der Waals surface area contributed by atoms with E-state index in [9.17, 15) is 4.79 Å². The van der Waals surface area contributed by atoms with Gasteiger partial charge in [-0.3, -0.25) is 9.69 Å². The van der Waals surface area contributed by atoms with Crippen molar-refractivity contribution in [2.75, 3.05) is 41.7 Å². The molecular formula is C36H41ClN6O3. The first-order valence-corrected chi connectivity index (χ1v) is 16.1. The Hall–Kier alpha value is -4.34. The predicted octanol–water partition coefficient (Wildman–Crippen LogP) is 7.78. The number of nitrogens with zero attached hydrogens (tertiary/aromatic N) is 4. The predicted molar refractivity (Wildman–Crippen MR) is 184 cm³/mol. The van der Waals surface area contributed by atoms with Crippen LogP contribution in [0.5, 0.6) is 17.4 Å². The molecule has 2 aliphatic rings. The summed E-state index contributed by atoms with van der Waals surface area (Å²) in [6.45, 7) is 16.3. The summed E-state index contributed by atoms with van der Waals surface area (Å²) in [6, 6.07) is 18.0. The van der Waals surface area contributed by atoms with Gasteiger partial charge in [0.05, 0.1) is 10.7 Å². The van der Waals surface area contributed by atoms with E-state index in [-0.39, 0.29) is 28.9 Å². The van der Waals surface area contributed by atoms with E-state index in [4.69, 9.17) is 21.1 Å². The number of piperazine rings is 1. The maximum atomic E-state index is 13.7. The summed E-state index contributed by atoms with van der Waals surface area (Å²) in [5.74, 6) is 1.13. The number of rotatable bonds is 8. The number of carbonyl (C=O) groups is 1. The Bertz CT molecular complexity index is 1750. The lowest BCUT2D eigenvalue weighted by Crippen LogP contribution is -2.49. The molecule has 240 valence electrons. The second kappa shape index (κ2) is 12.8. The van der Waals surface area contributed by atoms with Crippen LogP contribution in [-0.4, -0.2) is 58.6 Å². The van der Waals surface area contributed by atoms with Crippen molar-refractivity contribution >= 4 is 40.5 Å². The van der Waals surface area contributed by atoms with Gasteiger partial charge >= 0.3 is 0 Å². The second-order valence-electron chi connectivity index (χ2n) is 12.9. The summed E-state index contributed by atoms with van der Waals surface area (Å²) < 4.78 is 12.6. The minimum atomic E-state index is -0.377. The number of fused-ring (bicyclic) bond motifs is 1. The van der Waals surface area contributed by atoms with Crippen LogP contribution in [0.15, 0.2) is 60.8 Å². The molecule has 1 aromatic heterocycles. The van der Waals surface area contributed by atoms with Crippen molar-refractivity contribution in [3.8, 4) is 17.4 Å². The van der Waals surface area contributed by atoms with Crippen molar-refractivity contribution in [3.63, 3.8) is 0 Å². The molecular weight excluding hydrogens is 600 g/mol. The Balaban J connectivity index is 1.28. The number of benzene rings is 3. The van der Waals surface area contributed by atoms with E-state index >= 15 is 0 Å². The SMILES string of the molecule is Cc1cccc(C)c1NC(=O)c1cnc(Nc2ccc(N3CCN(C(C)C)CC3)c(Cl)c2)nc1Oc1cccc2c1OC(C)(C)C2. The van der Waals surface area contributed by atoms with Crippen molar-refractivity contribution in [1.82, 2.24) is 14.9 Å². The van der Waals surface area contributed by atoms with Crippen LogP contribution in [0.3, 0.4) is 0 Å². The highest BCUT2D eigenvalue weighted by Gasteiger charge is 2.33. The van der Waals surface area contributed by atoms with Gasteiger partial charge in [-0.1, -0.05) is 41.9 Å². The van der Waals surface area contributed by atoms with Crippen molar-refractivity contribution in [2.24, 2.45) is 0 Å². The molecule has 3 aromatic carbocycles. The number of hydrogen-bond donors (Lipinski definition) is 2. The lowest BCUT2D eigenvalue weighted by Gasteiger charge is -2.38. The van der Waals surface area contributed by atoms with Gasteiger partial charge in [-0.25, -0.2) is 4.98 Å². The highest BCUT2D eigenvalue weighted by atomic mass is 35.5. The summed E-state index contributed by atoms with van der Waals surface area (Å²) in [6.07, 6.45) is 2.23. The number of halogens is 1. The molecule has 6 rings (SSSR count). The van der Waals surface area contributed by atoms with Gasteiger partial charge in [0.25, 0.3) is 5.91 Å². The van der Waals surface area contributed by atoms with E-state index in [1.807, 2.05) is 82.3 Å². The molecule has 0 radical (unpaired) electrons. The first-order chi connectivity index (χ1) is 22.0. The summed E-state index contributed by atoms with van der Waals surface area (Å²) in [5.41, 5.74) is 5.23. The Kier molecular flexibility index (Phi) is 8.81. The standard InChI is InChI=1S/C36H41ClN6O3/c1-22(2)42-15-17-43(18-16-42)29-14-13-26(19-28(29)37)39-35-38-21-27(33(44)40-31-23(3)9-7-10-24(31)4)34(41-35)45-30-12-8-11-25-20-36(5,6)46-32(25)30/h7-14,19,21-22H,15-18,20H2,1-6H3,(H,40,44)(H,38,39,41). The number of aryl methyl sites for hydroxylation is 2. The fourth-order valence-corrected chi connectivity index (χ4v) is 6.37. The van der Waals surface area contributed by atoms with Gasteiger partial charge in [-0.15, -0.1) is 0 Å². The Morgan fingerprint density at radius 3 is 2.43 bits per heavy atom. The average molecular weight is 641 g/mol. The Morgan fingerprint density at radius 2 is 1.74 bits per heavy atom. The molecule has 0 saturated carbocycles. The quantitative estimate of drug-likeness (QED) is 0.202. The van der Waals surface area contributed by atoms with E-state index < -0.39 is 0 Å². The second-order valence-corrected chi connectivity index (χ2v) is 13.3. The minimum absolute atomic E-state index is 0.105. The third kappa shape index (κ3) is 6.76. The molecule has 3 heterocycles. The highest BCUT2D eigenvalue weighted by molar-refractivity contribution is 6.33. The van der Waals surface area contributed by atoms with Crippen LogP contribution in [-0.2, 0) is 6.42 Å². The van der Waals surface area contributed by atoms with Crippen LogP contribution >= 0.6 is 11.6 Å². The van der Waals surface area contributed by atoms with Gasteiger partial charge in [-0.05, 0) is 76.9 Å². The number of anilines is 4. The maximum absolute atomic E-state index is 13.7. The average Bonchev–Trinajstić information content (AvgIpc) is 3.34. The van der Waals surface area contributed by atoms with E-state index in [0.717, 1.165) is 66.4 Å². The zero-order chi connectivity index (χ0) is 32.6. The third-order valence-corrected chi connectivity index (χ3v) is 8.87. The molecule has 1 saturated heterocycles. The van der Waals surface area contributed by atoms with E-state index in [0.29, 0.717) is 22.6 Å². The molecule has 0 aliphatic carbocycles. The molecule has 9 nitrogen and oxygen atoms in total. The zero-order valence-corrected chi connectivity index (χ0v) is 28.0. The minimum Gasteiger partial charge on any atom is -0.483 e. The van der Waals surface area contributed by atoms with Crippen LogP contribution in [0.25, 0.3) is 0 Å². The molecule has 46 heavy (non-hydrogen) atoms. The van der Waals surface area contributed by atoms with Crippen molar-refractivity contribution in [1.29, 1.82) is 0 Å². The lowest BCUT2D eigenvalue weighted by atomic mass is 10.0. The van der Waals surface area contributed by atoms with E-state index in [2.05, 4.69) is 44.2 Å². The fraction of sp³-hybridized carbons (Fsp3) is 0.361. The largest absolute Gasteiger partial charge is 0.483 e. The zero-order valence-electron chi connectivity index (χ0n) is 27.3. The topological polar surface area (TPSA) is 91.9 Å². The van der Waals surface area contributed by atoms with Gasteiger partial charge in [0.2, 0.25) is 11.8 Å². The molecule has 4 aromatic rings.